The molecule has 1 amide bonds. The van der Waals surface area contributed by atoms with E-state index in [0.29, 0.717) is 29.3 Å². The van der Waals surface area contributed by atoms with Gasteiger partial charge in [-0.15, -0.1) is 5.11 Å². The molecule has 0 bridgehead atoms. The third-order valence-electron chi connectivity index (χ3n) is 4.69. The monoisotopic (exact) mass is 368 g/mol. The van der Waals surface area contributed by atoms with Gasteiger partial charge in [-0.1, -0.05) is 12.2 Å². The molecule has 1 fully saturated rings. The van der Waals surface area contributed by atoms with Crippen LogP contribution in [0.5, 0.6) is 11.9 Å². The van der Waals surface area contributed by atoms with Crippen LogP contribution in [0.1, 0.15) is 24.8 Å². The zero-order chi connectivity index (χ0) is 19.0. The molecule has 1 aliphatic heterocycles. The molecule has 2 aliphatic carbocycles. The fraction of sp³-hybridized carbons (Fsp3) is 0.389. The minimum Gasteiger partial charge on any atom is -0.480 e. The first kappa shape index (κ1) is 17.2. The van der Waals surface area contributed by atoms with Gasteiger partial charge in [0.15, 0.2) is 5.70 Å². The van der Waals surface area contributed by atoms with E-state index in [-0.39, 0.29) is 29.6 Å². The molecule has 1 atom stereocenters. The minimum absolute atomic E-state index is 0.197. The van der Waals surface area contributed by atoms with Crippen LogP contribution in [0.2, 0.25) is 0 Å². The highest BCUT2D eigenvalue weighted by atomic mass is 16.5. The number of hydrogen-bond donors (Lipinski definition) is 2. The molecule has 27 heavy (non-hydrogen) atoms. The Morgan fingerprint density at radius 1 is 1.26 bits per heavy atom. The number of carbonyl (C=O) groups is 1. The Hall–Kier alpha value is -3.23. The Labute approximate surface area is 156 Å². The molecule has 0 spiro atoms. The fourth-order valence-electron chi connectivity index (χ4n) is 3.11. The molecule has 0 saturated heterocycles. The van der Waals surface area contributed by atoms with Crippen LogP contribution in [0.25, 0.3) is 5.57 Å². The summed E-state index contributed by atoms with van der Waals surface area (Å²) in [5.41, 5.74) is 9.02. The summed E-state index contributed by atoms with van der Waals surface area (Å²) in [4.78, 5) is 20.7. The molecule has 3 N–H and O–H groups in total. The van der Waals surface area contributed by atoms with Crippen LogP contribution in [0.4, 0.5) is 0 Å². The van der Waals surface area contributed by atoms with Gasteiger partial charge in [0.05, 0.1) is 31.2 Å². The van der Waals surface area contributed by atoms with Crippen molar-refractivity contribution in [3.63, 3.8) is 0 Å². The molecular formula is C18H20N6O3. The Balaban J connectivity index is 1.72. The fourth-order valence-corrected chi connectivity index (χ4v) is 3.11. The first-order valence-electron chi connectivity index (χ1n) is 8.70. The number of nitrogens with one attached hydrogen (secondary N) is 1. The Morgan fingerprint density at radius 2 is 2.07 bits per heavy atom. The van der Waals surface area contributed by atoms with Crippen molar-refractivity contribution in [2.75, 3.05) is 14.2 Å². The van der Waals surface area contributed by atoms with Gasteiger partial charge < -0.3 is 20.5 Å². The molecule has 2 heterocycles. The summed E-state index contributed by atoms with van der Waals surface area (Å²) in [5, 5.41) is 11.3. The lowest BCUT2D eigenvalue weighted by atomic mass is 9.86. The molecule has 0 aromatic carbocycles. The minimum atomic E-state index is -0.265. The van der Waals surface area contributed by atoms with Crippen molar-refractivity contribution in [1.29, 1.82) is 0 Å². The van der Waals surface area contributed by atoms with Crippen LogP contribution in [0, 0.1) is 5.92 Å². The van der Waals surface area contributed by atoms with Gasteiger partial charge in [0.2, 0.25) is 5.88 Å². The van der Waals surface area contributed by atoms with Crippen molar-refractivity contribution in [2.45, 2.75) is 25.3 Å². The second-order valence-corrected chi connectivity index (χ2v) is 6.52. The lowest BCUT2D eigenvalue weighted by molar-refractivity contribution is -0.117. The van der Waals surface area contributed by atoms with E-state index in [1.807, 2.05) is 12.2 Å². The third-order valence-corrected chi connectivity index (χ3v) is 4.69. The smallest absolute Gasteiger partial charge is 0.319 e. The number of rotatable bonds is 5. The zero-order valence-electron chi connectivity index (χ0n) is 15.1. The Morgan fingerprint density at radius 3 is 2.78 bits per heavy atom. The van der Waals surface area contributed by atoms with E-state index >= 15 is 0 Å². The summed E-state index contributed by atoms with van der Waals surface area (Å²) in [6, 6.07) is 0.439. The van der Waals surface area contributed by atoms with Crippen LogP contribution in [-0.2, 0) is 4.79 Å². The van der Waals surface area contributed by atoms with Gasteiger partial charge in [-0.3, -0.25) is 4.79 Å². The van der Waals surface area contributed by atoms with Gasteiger partial charge in [-0.05, 0) is 19.3 Å². The number of nitrogens with zero attached hydrogens (tertiary/aromatic N) is 4. The molecule has 9 heteroatoms. The van der Waals surface area contributed by atoms with E-state index in [2.05, 4.69) is 25.5 Å². The molecule has 140 valence electrons. The molecule has 9 nitrogen and oxygen atoms in total. The molecule has 1 unspecified atom stereocenters. The number of hydrogen-bond acceptors (Lipinski definition) is 8. The van der Waals surface area contributed by atoms with Crippen LogP contribution in [0.15, 0.2) is 45.7 Å². The van der Waals surface area contributed by atoms with E-state index in [9.17, 15) is 4.79 Å². The normalized spacial score (nSPS) is 21.2. The van der Waals surface area contributed by atoms with Crippen molar-refractivity contribution < 1.29 is 14.3 Å². The summed E-state index contributed by atoms with van der Waals surface area (Å²) in [6.07, 6.45) is 8.15. The van der Waals surface area contributed by atoms with Gasteiger partial charge in [-0.25, -0.2) is 4.98 Å². The number of aromatic nitrogens is 2. The third kappa shape index (κ3) is 3.16. The molecule has 0 radical (unpaired) electrons. The standard InChI is InChI=1S/C18H20N6O3/c1-26-17-12(8-20-18(22-17)27-2)10-4-3-5-11-13(19)15(24-23-14(10)11)16(25)21-9-6-7-9/h3-4,8-9,11H,5-7,19H2,1-2H3,(H,21,25). The number of amides is 1. The van der Waals surface area contributed by atoms with Gasteiger partial charge in [0.25, 0.3) is 5.91 Å². The first-order chi connectivity index (χ1) is 13.1. The van der Waals surface area contributed by atoms with Gasteiger partial charge >= 0.3 is 6.01 Å². The Kier molecular flexibility index (Phi) is 4.35. The SMILES string of the molecule is COc1ncc(C2=C3N=NC(C(=O)NC4CC4)=C(N)C3CC=C2)c(OC)n1. The first-order valence-corrected chi connectivity index (χ1v) is 8.70. The van der Waals surface area contributed by atoms with Crippen LogP contribution in [0.3, 0.4) is 0 Å². The molecule has 1 aromatic heterocycles. The van der Waals surface area contributed by atoms with Crippen LogP contribution < -0.4 is 20.5 Å². The molecule has 1 saturated carbocycles. The zero-order valence-corrected chi connectivity index (χ0v) is 15.1. The number of carbonyl (C=O) groups excluding carboxylic acids is 1. The topological polar surface area (TPSA) is 124 Å². The summed E-state index contributed by atoms with van der Waals surface area (Å²) >= 11 is 0. The largest absolute Gasteiger partial charge is 0.480 e. The van der Waals surface area contributed by atoms with Crippen LogP contribution >= 0.6 is 0 Å². The molecule has 3 aliphatic rings. The summed E-state index contributed by atoms with van der Waals surface area (Å²) in [7, 11) is 3.01. The van der Waals surface area contributed by atoms with E-state index in [1.54, 1.807) is 6.20 Å². The lowest BCUT2D eigenvalue weighted by Crippen LogP contribution is -2.31. The Bertz CT molecular complexity index is 914. The van der Waals surface area contributed by atoms with Gasteiger partial charge in [0.1, 0.15) is 0 Å². The second-order valence-electron chi connectivity index (χ2n) is 6.52. The number of allylic oxidation sites excluding steroid dienone is 3. The van der Waals surface area contributed by atoms with Crippen molar-refractivity contribution in [3.05, 3.63) is 41.0 Å². The average molecular weight is 368 g/mol. The number of azo groups is 1. The van der Waals surface area contributed by atoms with E-state index in [4.69, 9.17) is 15.2 Å². The second kappa shape index (κ2) is 6.82. The summed E-state index contributed by atoms with van der Waals surface area (Å²) < 4.78 is 10.4. The van der Waals surface area contributed by atoms with Crippen molar-refractivity contribution in [1.82, 2.24) is 15.3 Å². The van der Waals surface area contributed by atoms with Gasteiger partial charge in [-0.2, -0.15) is 10.1 Å². The highest BCUT2D eigenvalue weighted by Gasteiger charge is 2.33. The summed E-state index contributed by atoms with van der Waals surface area (Å²) in [5.74, 6) is -0.127. The maximum atomic E-state index is 12.4. The van der Waals surface area contributed by atoms with Crippen LogP contribution in [-0.4, -0.2) is 36.1 Å². The highest BCUT2D eigenvalue weighted by Crippen LogP contribution is 2.41. The van der Waals surface area contributed by atoms with E-state index in [1.165, 1.54) is 14.2 Å². The van der Waals surface area contributed by atoms with Crippen molar-refractivity contribution in [2.24, 2.45) is 21.9 Å². The predicted molar refractivity (Wildman–Crippen MR) is 96.5 cm³/mol. The number of nitrogens with two attached hydrogens (primary N) is 1. The molecule has 4 rings (SSSR count). The van der Waals surface area contributed by atoms with Crippen molar-refractivity contribution in [3.8, 4) is 11.9 Å². The van der Waals surface area contributed by atoms with E-state index in [0.717, 1.165) is 18.4 Å². The molecule has 1 aromatic rings. The number of fused-ring (bicyclic) bond motifs is 1. The quantitative estimate of drug-likeness (QED) is 0.815. The number of ether oxygens (including phenoxy) is 2. The maximum absolute atomic E-state index is 12.4. The van der Waals surface area contributed by atoms with E-state index < -0.39 is 0 Å². The van der Waals surface area contributed by atoms with Gasteiger partial charge in [0, 0.05) is 23.7 Å². The average Bonchev–Trinajstić information content (AvgIpc) is 3.51. The highest BCUT2D eigenvalue weighted by molar-refractivity contribution is 5.94. The predicted octanol–water partition coefficient (Wildman–Crippen LogP) is 1.70. The van der Waals surface area contributed by atoms with Crippen molar-refractivity contribution >= 4 is 11.5 Å². The molecular weight excluding hydrogens is 348 g/mol. The lowest BCUT2D eigenvalue weighted by Gasteiger charge is -2.26. The number of methoxy groups -OCH3 is 2. The summed E-state index contributed by atoms with van der Waals surface area (Å²) in [6.45, 7) is 0. The maximum Gasteiger partial charge on any atom is 0.319 e.